The van der Waals surface area contributed by atoms with E-state index in [0.29, 0.717) is 18.0 Å². The van der Waals surface area contributed by atoms with E-state index in [1.165, 1.54) is 0 Å². The number of carbonyl (C=O) groups is 1. The summed E-state index contributed by atoms with van der Waals surface area (Å²) in [6.07, 6.45) is 0.898. The Kier molecular flexibility index (Phi) is 3.51. The molecule has 0 bridgehead atoms. The lowest BCUT2D eigenvalue weighted by Gasteiger charge is -2.09. The molecule has 0 aromatic heterocycles. The second-order valence-corrected chi connectivity index (χ2v) is 3.16. The molecule has 14 heavy (non-hydrogen) atoms. The Morgan fingerprint density at radius 3 is 2.79 bits per heavy atom. The molecule has 3 heteroatoms. The van der Waals surface area contributed by atoms with Crippen LogP contribution in [0.25, 0.3) is 0 Å². The molecular weight excluding hydrogens is 178 g/mol. The van der Waals surface area contributed by atoms with Crippen molar-refractivity contribution in [3.63, 3.8) is 0 Å². The van der Waals surface area contributed by atoms with Gasteiger partial charge in [-0.3, -0.25) is 0 Å². The van der Waals surface area contributed by atoms with Gasteiger partial charge in [0.05, 0.1) is 12.3 Å². The Bertz CT molecular complexity index is 323. The lowest BCUT2D eigenvalue weighted by atomic mass is 10.0. The van der Waals surface area contributed by atoms with Crippen molar-refractivity contribution >= 4 is 12.0 Å². The molecule has 76 valence electrons. The topological polar surface area (TPSA) is 52.3 Å². The Hall–Kier alpha value is -1.51. The van der Waals surface area contributed by atoms with E-state index in [1.54, 1.807) is 12.1 Å². The first kappa shape index (κ1) is 10.6. The van der Waals surface area contributed by atoms with Gasteiger partial charge in [0.2, 0.25) is 0 Å². The molecule has 1 unspecified atom stereocenters. The number of ether oxygens (including phenoxy) is 1. The fourth-order valence-electron chi connectivity index (χ4n) is 1.22. The van der Waals surface area contributed by atoms with E-state index in [9.17, 15) is 4.79 Å². The molecule has 1 rings (SSSR count). The molecule has 0 aliphatic carbocycles. The van der Waals surface area contributed by atoms with Crippen LogP contribution in [0, 0.1) is 0 Å². The molecule has 0 amide bonds. The number of nitrogens with two attached hydrogens (primary N) is 1. The van der Waals surface area contributed by atoms with Gasteiger partial charge in [-0.25, -0.2) is 0 Å². The maximum atomic E-state index is 10.6. The number of benzene rings is 1. The van der Waals surface area contributed by atoms with Crippen molar-refractivity contribution in [1.29, 1.82) is 0 Å². The number of anilines is 1. The molecule has 0 saturated heterocycles. The Balaban J connectivity index is 2.93. The molecule has 1 atom stereocenters. The molecule has 2 N–H and O–H groups in total. The third-order valence-corrected chi connectivity index (χ3v) is 2.06. The highest BCUT2D eigenvalue weighted by Gasteiger charge is 2.06. The number of rotatable bonds is 4. The SMILES string of the molecule is CCOc1ccc(C(C)C=O)cc1N. The van der Waals surface area contributed by atoms with Crippen LogP contribution in [0.2, 0.25) is 0 Å². The maximum Gasteiger partial charge on any atom is 0.142 e. The smallest absolute Gasteiger partial charge is 0.142 e. The van der Waals surface area contributed by atoms with E-state index in [0.717, 1.165) is 11.8 Å². The van der Waals surface area contributed by atoms with Crippen LogP contribution in [-0.4, -0.2) is 12.9 Å². The molecule has 3 nitrogen and oxygen atoms in total. The standard InChI is InChI=1S/C11H15NO2/c1-3-14-11-5-4-9(6-10(11)12)8(2)7-13/h4-8H,3,12H2,1-2H3. The zero-order chi connectivity index (χ0) is 10.6. The average Bonchev–Trinajstić information content (AvgIpc) is 2.20. The maximum absolute atomic E-state index is 10.6. The highest BCUT2D eigenvalue weighted by Crippen LogP contribution is 2.25. The number of hydrogen-bond donors (Lipinski definition) is 1. The quantitative estimate of drug-likeness (QED) is 0.587. The minimum Gasteiger partial charge on any atom is -0.492 e. The summed E-state index contributed by atoms with van der Waals surface area (Å²) < 4.78 is 5.29. The molecule has 0 heterocycles. The van der Waals surface area contributed by atoms with Crippen LogP contribution < -0.4 is 10.5 Å². The molecule has 0 spiro atoms. The first-order valence-electron chi connectivity index (χ1n) is 4.66. The lowest BCUT2D eigenvalue weighted by Crippen LogP contribution is -2.00. The fourth-order valence-corrected chi connectivity index (χ4v) is 1.22. The lowest BCUT2D eigenvalue weighted by molar-refractivity contribution is -0.108. The Morgan fingerprint density at radius 1 is 1.57 bits per heavy atom. The van der Waals surface area contributed by atoms with Crippen molar-refractivity contribution < 1.29 is 9.53 Å². The minimum absolute atomic E-state index is 0.118. The monoisotopic (exact) mass is 193 g/mol. The predicted octanol–water partition coefficient (Wildman–Crippen LogP) is 1.97. The third kappa shape index (κ3) is 2.25. The highest BCUT2D eigenvalue weighted by atomic mass is 16.5. The Labute approximate surface area is 83.9 Å². The van der Waals surface area contributed by atoms with Crippen LogP contribution in [0.4, 0.5) is 5.69 Å². The summed E-state index contributed by atoms with van der Waals surface area (Å²) in [4.78, 5) is 10.6. The van der Waals surface area contributed by atoms with Gasteiger partial charge in [-0.15, -0.1) is 0 Å². The van der Waals surface area contributed by atoms with Crippen LogP contribution in [0.15, 0.2) is 18.2 Å². The van der Waals surface area contributed by atoms with E-state index < -0.39 is 0 Å². The van der Waals surface area contributed by atoms with E-state index in [-0.39, 0.29) is 5.92 Å². The number of nitrogen functional groups attached to an aromatic ring is 1. The van der Waals surface area contributed by atoms with Gasteiger partial charge in [-0.1, -0.05) is 13.0 Å². The summed E-state index contributed by atoms with van der Waals surface area (Å²) in [7, 11) is 0. The molecule has 1 aromatic carbocycles. The predicted molar refractivity (Wildman–Crippen MR) is 56.5 cm³/mol. The summed E-state index contributed by atoms with van der Waals surface area (Å²) in [5.74, 6) is 0.558. The van der Waals surface area contributed by atoms with Gasteiger partial charge >= 0.3 is 0 Å². The number of aldehydes is 1. The molecule has 0 saturated carbocycles. The molecule has 0 aliphatic heterocycles. The molecule has 0 fully saturated rings. The zero-order valence-corrected chi connectivity index (χ0v) is 8.49. The second kappa shape index (κ2) is 4.65. The van der Waals surface area contributed by atoms with Crippen LogP contribution in [0.3, 0.4) is 0 Å². The van der Waals surface area contributed by atoms with Crippen LogP contribution in [0.1, 0.15) is 25.3 Å². The summed E-state index contributed by atoms with van der Waals surface area (Å²) >= 11 is 0. The van der Waals surface area contributed by atoms with Crippen molar-refractivity contribution in [3.8, 4) is 5.75 Å². The summed E-state index contributed by atoms with van der Waals surface area (Å²) in [6.45, 7) is 4.33. The van der Waals surface area contributed by atoms with Crippen molar-refractivity contribution in [3.05, 3.63) is 23.8 Å². The number of hydrogen-bond acceptors (Lipinski definition) is 3. The zero-order valence-electron chi connectivity index (χ0n) is 8.49. The van der Waals surface area contributed by atoms with Crippen LogP contribution in [0.5, 0.6) is 5.75 Å². The van der Waals surface area contributed by atoms with Gasteiger partial charge in [-0.2, -0.15) is 0 Å². The third-order valence-electron chi connectivity index (χ3n) is 2.06. The summed E-state index contributed by atoms with van der Waals surface area (Å²) in [5, 5.41) is 0. The van der Waals surface area contributed by atoms with Crippen molar-refractivity contribution in [2.45, 2.75) is 19.8 Å². The van der Waals surface area contributed by atoms with Crippen LogP contribution in [-0.2, 0) is 4.79 Å². The molecule has 0 radical (unpaired) electrons. The largest absolute Gasteiger partial charge is 0.492 e. The molecule has 1 aromatic rings. The molecule has 0 aliphatic rings. The first-order valence-corrected chi connectivity index (χ1v) is 4.66. The van der Waals surface area contributed by atoms with E-state index in [1.807, 2.05) is 19.9 Å². The average molecular weight is 193 g/mol. The van der Waals surface area contributed by atoms with Gasteiger partial charge < -0.3 is 15.3 Å². The van der Waals surface area contributed by atoms with Gasteiger partial charge in [0.25, 0.3) is 0 Å². The van der Waals surface area contributed by atoms with E-state index in [4.69, 9.17) is 10.5 Å². The van der Waals surface area contributed by atoms with Gasteiger partial charge in [0.1, 0.15) is 12.0 Å². The second-order valence-electron chi connectivity index (χ2n) is 3.16. The van der Waals surface area contributed by atoms with Crippen LogP contribution >= 0.6 is 0 Å². The summed E-state index contributed by atoms with van der Waals surface area (Å²) in [5.41, 5.74) is 7.26. The Morgan fingerprint density at radius 2 is 2.29 bits per heavy atom. The van der Waals surface area contributed by atoms with Crippen molar-refractivity contribution in [2.24, 2.45) is 0 Å². The first-order chi connectivity index (χ1) is 6.69. The highest BCUT2D eigenvalue weighted by molar-refractivity contribution is 5.64. The summed E-state index contributed by atoms with van der Waals surface area (Å²) in [6, 6.07) is 5.44. The van der Waals surface area contributed by atoms with Crippen molar-refractivity contribution in [2.75, 3.05) is 12.3 Å². The fraction of sp³-hybridized carbons (Fsp3) is 0.364. The van der Waals surface area contributed by atoms with Gasteiger partial charge in [0.15, 0.2) is 0 Å². The molecular formula is C11H15NO2. The van der Waals surface area contributed by atoms with E-state index >= 15 is 0 Å². The van der Waals surface area contributed by atoms with Gasteiger partial charge in [0, 0.05) is 5.92 Å². The number of carbonyl (C=O) groups excluding carboxylic acids is 1. The van der Waals surface area contributed by atoms with E-state index in [2.05, 4.69) is 0 Å². The normalized spacial score (nSPS) is 12.1. The van der Waals surface area contributed by atoms with Crippen molar-refractivity contribution in [1.82, 2.24) is 0 Å². The minimum atomic E-state index is -0.118. The van der Waals surface area contributed by atoms with Gasteiger partial charge in [-0.05, 0) is 24.6 Å².